The van der Waals surface area contributed by atoms with Crippen LogP contribution >= 0.6 is 11.3 Å². The molecule has 3 nitrogen and oxygen atoms in total. The first-order valence-electron chi connectivity index (χ1n) is 5.85. The average Bonchev–Trinajstić information content (AvgIpc) is 2.75. The van der Waals surface area contributed by atoms with E-state index in [1.54, 1.807) is 11.3 Å². The molecule has 88 valence electrons. The van der Waals surface area contributed by atoms with Crippen LogP contribution in [-0.4, -0.2) is 15.0 Å². The maximum atomic E-state index is 4.76. The molecular formula is C13H15N3S. The summed E-state index contributed by atoms with van der Waals surface area (Å²) in [5.41, 5.74) is 5.47. The van der Waals surface area contributed by atoms with Crippen molar-refractivity contribution in [2.24, 2.45) is 0 Å². The molecule has 0 saturated carbocycles. The molecule has 0 aliphatic heterocycles. The number of thiazole rings is 1. The van der Waals surface area contributed by atoms with Gasteiger partial charge in [-0.1, -0.05) is 20.8 Å². The minimum Gasteiger partial charge on any atom is -0.249 e. The molecule has 2 aromatic rings. The minimum atomic E-state index is -0.00265. The zero-order chi connectivity index (χ0) is 12.0. The van der Waals surface area contributed by atoms with Gasteiger partial charge in [-0.05, 0) is 18.4 Å². The Morgan fingerprint density at radius 3 is 2.76 bits per heavy atom. The van der Waals surface area contributed by atoms with Crippen LogP contribution in [0.1, 0.15) is 37.9 Å². The van der Waals surface area contributed by atoms with Crippen molar-refractivity contribution < 1.29 is 0 Å². The van der Waals surface area contributed by atoms with Crippen molar-refractivity contribution >= 4 is 11.3 Å². The number of aromatic nitrogens is 3. The molecule has 2 aromatic heterocycles. The number of hydrogen-bond acceptors (Lipinski definition) is 4. The minimum absolute atomic E-state index is 0.00265. The van der Waals surface area contributed by atoms with Gasteiger partial charge in [-0.3, -0.25) is 0 Å². The highest BCUT2D eigenvalue weighted by Gasteiger charge is 2.24. The largest absolute Gasteiger partial charge is 0.249 e. The van der Waals surface area contributed by atoms with Gasteiger partial charge >= 0.3 is 0 Å². The molecular weight excluding hydrogens is 230 g/mol. The van der Waals surface area contributed by atoms with Gasteiger partial charge < -0.3 is 0 Å². The van der Waals surface area contributed by atoms with Crippen LogP contribution in [0.4, 0.5) is 0 Å². The summed E-state index contributed by atoms with van der Waals surface area (Å²) in [4.78, 5) is 14.9. The van der Waals surface area contributed by atoms with Gasteiger partial charge in [0.25, 0.3) is 0 Å². The van der Waals surface area contributed by atoms with Crippen LogP contribution in [0, 0.1) is 0 Å². The molecule has 0 bridgehead atoms. The molecule has 2 heterocycles. The highest BCUT2D eigenvalue weighted by atomic mass is 32.1. The fraction of sp³-hybridized carbons (Fsp3) is 0.462. The molecule has 17 heavy (non-hydrogen) atoms. The fourth-order valence-corrected chi connectivity index (χ4v) is 2.91. The van der Waals surface area contributed by atoms with Crippen molar-refractivity contribution in [1.82, 2.24) is 15.0 Å². The van der Waals surface area contributed by atoms with Crippen molar-refractivity contribution in [3.63, 3.8) is 0 Å². The summed E-state index contributed by atoms with van der Waals surface area (Å²) in [6.07, 6.45) is 4.02. The third-order valence-corrected chi connectivity index (χ3v) is 3.90. The molecule has 0 radical (unpaired) electrons. The maximum Gasteiger partial charge on any atom is 0.134 e. The van der Waals surface area contributed by atoms with E-state index in [9.17, 15) is 0 Å². The van der Waals surface area contributed by atoms with Crippen LogP contribution < -0.4 is 0 Å². The summed E-state index contributed by atoms with van der Waals surface area (Å²) >= 11 is 1.69. The lowest BCUT2D eigenvalue weighted by atomic mass is 9.94. The number of aryl methyl sites for hydroxylation is 2. The molecule has 0 fully saturated rings. The number of nitrogens with zero attached hydrogens (tertiary/aromatic N) is 3. The van der Waals surface area contributed by atoms with Gasteiger partial charge in [-0.15, -0.1) is 11.3 Å². The van der Waals surface area contributed by atoms with Crippen LogP contribution in [-0.2, 0) is 18.3 Å². The topological polar surface area (TPSA) is 38.7 Å². The van der Waals surface area contributed by atoms with Crippen molar-refractivity contribution in [1.29, 1.82) is 0 Å². The molecule has 0 amide bonds. The summed E-state index contributed by atoms with van der Waals surface area (Å²) in [5.74, 6) is 0.914. The van der Waals surface area contributed by atoms with Gasteiger partial charge in [-0.25, -0.2) is 15.0 Å². The quantitative estimate of drug-likeness (QED) is 0.716. The van der Waals surface area contributed by atoms with Crippen LogP contribution in [0.25, 0.3) is 10.6 Å². The van der Waals surface area contributed by atoms with Crippen molar-refractivity contribution in [2.45, 2.75) is 39.0 Å². The molecule has 0 aromatic carbocycles. The Kier molecular flexibility index (Phi) is 2.30. The molecule has 4 heteroatoms. The first-order valence-corrected chi connectivity index (χ1v) is 6.73. The third-order valence-electron chi connectivity index (χ3n) is 3.02. The molecule has 3 rings (SSSR count). The summed E-state index contributed by atoms with van der Waals surface area (Å²) in [7, 11) is 0. The Labute approximate surface area is 105 Å². The van der Waals surface area contributed by atoms with Gasteiger partial charge in [0.15, 0.2) is 0 Å². The maximum absolute atomic E-state index is 4.76. The van der Waals surface area contributed by atoms with Crippen molar-refractivity contribution in [3.05, 3.63) is 28.8 Å². The van der Waals surface area contributed by atoms with Crippen LogP contribution in [0.15, 0.2) is 11.7 Å². The standard InChI is InChI=1S/C13H15N3S/c1-13(2,3)12-14-6-8-4-5-9-11(10(8)16-12)17-7-15-9/h6-7H,4-5H2,1-3H3. The zero-order valence-corrected chi connectivity index (χ0v) is 11.1. The first-order chi connectivity index (χ1) is 8.05. The normalized spacial score (nSPS) is 14.3. The van der Waals surface area contributed by atoms with Crippen LogP contribution in [0.2, 0.25) is 0 Å². The predicted molar refractivity (Wildman–Crippen MR) is 69.2 cm³/mol. The van der Waals surface area contributed by atoms with E-state index in [4.69, 9.17) is 4.98 Å². The lowest BCUT2D eigenvalue weighted by Crippen LogP contribution is -2.18. The molecule has 0 spiro atoms. The van der Waals surface area contributed by atoms with Gasteiger partial charge in [-0.2, -0.15) is 0 Å². The van der Waals surface area contributed by atoms with Gasteiger partial charge in [0.05, 0.1) is 21.8 Å². The van der Waals surface area contributed by atoms with E-state index in [2.05, 4.69) is 30.7 Å². The van der Waals surface area contributed by atoms with E-state index >= 15 is 0 Å². The Balaban J connectivity index is 2.18. The third kappa shape index (κ3) is 1.76. The second-order valence-corrected chi connectivity index (χ2v) is 6.30. The smallest absolute Gasteiger partial charge is 0.134 e. The van der Waals surface area contributed by atoms with E-state index < -0.39 is 0 Å². The monoisotopic (exact) mass is 245 g/mol. The molecule has 0 unspecified atom stereocenters. The Morgan fingerprint density at radius 1 is 1.18 bits per heavy atom. The van der Waals surface area contributed by atoms with E-state index in [-0.39, 0.29) is 5.41 Å². The summed E-state index contributed by atoms with van der Waals surface area (Å²) in [6, 6.07) is 0. The summed E-state index contributed by atoms with van der Waals surface area (Å²) < 4.78 is 0. The Morgan fingerprint density at radius 2 is 2.00 bits per heavy atom. The van der Waals surface area contributed by atoms with E-state index in [1.165, 1.54) is 16.1 Å². The molecule has 0 N–H and O–H groups in total. The average molecular weight is 245 g/mol. The van der Waals surface area contributed by atoms with Crippen molar-refractivity contribution in [3.8, 4) is 10.6 Å². The summed E-state index contributed by atoms with van der Waals surface area (Å²) in [5, 5.41) is 0. The number of rotatable bonds is 0. The van der Waals surface area contributed by atoms with Crippen LogP contribution in [0.3, 0.4) is 0 Å². The highest BCUT2D eigenvalue weighted by Crippen LogP contribution is 2.35. The molecule has 1 aliphatic carbocycles. The van der Waals surface area contributed by atoms with Crippen molar-refractivity contribution in [2.75, 3.05) is 0 Å². The molecule has 0 saturated heterocycles. The second-order valence-electron chi connectivity index (χ2n) is 5.45. The number of hydrogen-bond donors (Lipinski definition) is 0. The van der Waals surface area contributed by atoms with Gasteiger partial charge in [0, 0.05) is 11.6 Å². The van der Waals surface area contributed by atoms with E-state index in [0.717, 1.165) is 24.4 Å². The fourth-order valence-electron chi connectivity index (χ4n) is 2.04. The lowest BCUT2D eigenvalue weighted by molar-refractivity contribution is 0.544. The SMILES string of the molecule is CC(C)(C)c1ncc2c(n1)-c1scnc1CC2. The predicted octanol–water partition coefficient (Wildman–Crippen LogP) is 3.00. The Hall–Kier alpha value is -1.29. The second kappa shape index (κ2) is 3.60. The van der Waals surface area contributed by atoms with Gasteiger partial charge in [0.2, 0.25) is 0 Å². The van der Waals surface area contributed by atoms with E-state index in [1.807, 2.05) is 11.7 Å². The lowest BCUT2D eigenvalue weighted by Gasteiger charge is -2.20. The van der Waals surface area contributed by atoms with Crippen LogP contribution in [0.5, 0.6) is 0 Å². The Bertz CT molecular complexity index is 566. The molecule has 0 atom stereocenters. The highest BCUT2D eigenvalue weighted by molar-refractivity contribution is 7.13. The van der Waals surface area contributed by atoms with E-state index in [0.29, 0.717) is 0 Å². The zero-order valence-electron chi connectivity index (χ0n) is 10.3. The van der Waals surface area contributed by atoms with Gasteiger partial charge in [0.1, 0.15) is 5.82 Å². The number of fused-ring (bicyclic) bond motifs is 3. The molecule has 1 aliphatic rings. The summed E-state index contributed by atoms with van der Waals surface area (Å²) in [6.45, 7) is 6.43. The first kappa shape index (κ1) is 10.8.